The number of fused-ring (bicyclic) bond motifs is 2. The lowest BCUT2D eigenvalue weighted by Crippen LogP contribution is -2.37. The van der Waals surface area contributed by atoms with Gasteiger partial charge in [-0.3, -0.25) is 4.79 Å². The number of nitrogens with one attached hydrogen (secondary N) is 1. The second kappa shape index (κ2) is 6.44. The van der Waals surface area contributed by atoms with E-state index in [1.807, 2.05) is 12.1 Å². The standard InChI is InChI=1S/C18H23BrN2O2/c19-14-3-4-17(21-5-7-23-8-6-21)16(11-14)20-18(22)15-10-12-1-2-13(15)9-12/h3-4,11-13,15H,1-2,5-10H2,(H,20,22). The van der Waals surface area contributed by atoms with Gasteiger partial charge in [0.1, 0.15) is 0 Å². The van der Waals surface area contributed by atoms with Crippen molar-refractivity contribution >= 4 is 33.2 Å². The van der Waals surface area contributed by atoms with Gasteiger partial charge in [-0.05, 0) is 49.3 Å². The first-order valence-electron chi connectivity index (χ1n) is 8.64. The fraction of sp³-hybridized carbons (Fsp3) is 0.611. The average Bonchev–Trinajstić information content (AvgIpc) is 3.19. The van der Waals surface area contributed by atoms with E-state index >= 15 is 0 Å². The van der Waals surface area contributed by atoms with Gasteiger partial charge in [0, 0.05) is 23.5 Å². The lowest BCUT2D eigenvalue weighted by molar-refractivity contribution is -0.121. The minimum Gasteiger partial charge on any atom is -0.378 e. The average molecular weight is 379 g/mol. The molecule has 0 radical (unpaired) electrons. The van der Waals surface area contributed by atoms with E-state index in [4.69, 9.17) is 4.74 Å². The van der Waals surface area contributed by atoms with Crippen LogP contribution in [-0.2, 0) is 9.53 Å². The molecule has 0 spiro atoms. The predicted molar refractivity (Wildman–Crippen MR) is 94.7 cm³/mol. The summed E-state index contributed by atoms with van der Waals surface area (Å²) in [5.74, 6) is 1.83. The number of carbonyl (C=O) groups is 1. The summed E-state index contributed by atoms with van der Waals surface area (Å²) in [5, 5.41) is 3.22. The van der Waals surface area contributed by atoms with Crippen LogP contribution in [0.3, 0.4) is 0 Å². The van der Waals surface area contributed by atoms with E-state index in [0.717, 1.165) is 54.5 Å². The molecule has 1 aromatic rings. The van der Waals surface area contributed by atoms with Crippen LogP contribution in [0.1, 0.15) is 25.7 Å². The van der Waals surface area contributed by atoms with Crippen molar-refractivity contribution in [2.75, 3.05) is 36.5 Å². The maximum absolute atomic E-state index is 12.8. The van der Waals surface area contributed by atoms with Crippen LogP contribution < -0.4 is 10.2 Å². The molecule has 1 aliphatic heterocycles. The molecule has 23 heavy (non-hydrogen) atoms. The number of hydrogen-bond acceptors (Lipinski definition) is 3. The summed E-state index contributed by atoms with van der Waals surface area (Å²) in [6.45, 7) is 3.24. The Bertz CT molecular complexity index is 601. The molecule has 3 aliphatic rings. The van der Waals surface area contributed by atoms with E-state index in [1.54, 1.807) is 0 Å². The Hall–Kier alpha value is -1.07. The van der Waals surface area contributed by atoms with Crippen molar-refractivity contribution < 1.29 is 9.53 Å². The highest BCUT2D eigenvalue weighted by molar-refractivity contribution is 9.10. The monoisotopic (exact) mass is 378 g/mol. The molecule has 124 valence electrons. The number of benzene rings is 1. The number of hydrogen-bond donors (Lipinski definition) is 1. The Balaban J connectivity index is 1.53. The first-order valence-corrected chi connectivity index (χ1v) is 9.43. The molecule has 1 heterocycles. The summed E-state index contributed by atoms with van der Waals surface area (Å²) >= 11 is 3.53. The van der Waals surface area contributed by atoms with Crippen LogP contribution in [0.4, 0.5) is 11.4 Å². The van der Waals surface area contributed by atoms with Gasteiger partial charge in [-0.2, -0.15) is 0 Å². The van der Waals surface area contributed by atoms with Crippen molar-refractivity contribution in [1.82, 2.24) is 0 Å². The van der Waals surface area contributed by atoms with Crippen LogP contribution in [0.15, 0.2) is 22.7 Å². The number of ether oxygens (including phenoxy) is 1. The van der Waals surface area contributed by atoms with Crippen molar-refractivity contribution in [1.29, 1.82) is 0 Å². The van der Waals surface area contributed by atoms with Crippen LogP contribution >= 0.6 is 15.9 Å². The molecule has 3 atom stereocenters. The summed E-state index contributed by atoms with van der Waals surface area (Å²) in [7, 11) is 0. The minimum atomic E-state index is 0.213. The van der Waals surface area contributed by atoms with Crippen molar-refractivity contribution in [3.05, 3.63) is 22.7 Å². The number of amides is 1. The first-order chi connectivity index (χ1) is 11.2. The predicted octanol–water partition coefficient (Wildman–Crippen LogP) is 3.66. The largest absolute Gasteiger partial charge is 0.378 e. The summed E-state index contributed by atoms with van der Waals surface area (Å²) in [5.41, 5.74) is 2.03. The summed E-state index contributed by atoms with van der Waals surface area (Å²) in [6, 6.07) is 6.15. The number of anilines is 2. The highest BCUT2D eigenvalue weighted by Crippen LogP contribution is 2.48. The molecular weight excluding hydrogens is 356 g/mol. The van der Waals surface area contributed by atoms with Crippen LogP contribution in [0, 0.1) is 17.8 Å². The van der Waals surface area contributed by atoms with Crippen LogP contribution in [0.2, 0.25) is 0 Å². The van der Waals surface area contributed by atoms with Crippen LogP contribution in [0.5, 0.6) is 0 Å². The van der Waals surface area contributed by atoms with Crippen molar-refractivity contribution in [2.24, 2.45) is 17.8 Å². The Morgan fingerprint density at radius 3 is 2.74 bits per heavy atom. The molecule has 4 rings (SSSR count). The molecule has 1 amide bonds. The zero-order valence-electron chi connectivity index (χ0n) is 13.3. The second-order valence-corrected chi connectivity index (χ2v) is 7.95. The van der Waals surface area contributed by atoms with Gasteiger partial charge in [-0.1, -0.05) is 22.4 Å². The molecule has 3 fully saturated rings. The van der Waals surface area contributed by atoms with E-state index in [-0.39, 0.29) is 11.8 Å². The third-order valence-electron chi connectivity index (χ3n) is 5.64. The molecular formula is C18H23BrN2O2. The summed E-state index contributed by atoms with van der Waals surface area (Å²) in [4.78, 5) is 15.1. The van der Waals surface area contributed by atoms with Gasteiger partial charge in [-0.25, -0.2) is 0 Å². The van der Waals surface area contributed by atoms with Crippen LogP contribution in [-0.4, -0.2) is 32.2 Å². The van der Waals surface area contributed by atoms with Crippen molar-refractivity contribution in [3.8, 4) is 0 Å². The molecule has 5 heteroatoms. The summed E-state index contributed by atoms with van der Waals surface area (Å²) in [6.07, 6.45) is 4.90. The number of carbonyl (C=O) groups excluding carboxylic acids is 1. The molecule has 2 saturated carbocycles. The van der Waals surface area contributed by atoms with E-state index in [9.17, 15) is 4.79 Å². The SMILES string of the molecule is O=C(Nc1cc(Br)ccc1N1CCOCC1)C1CC2CCC1C2. The van der Waals surface area contributed by atoms with E-state index in [0.29, 0.717) is 5.92 Å². The van der Waals surface area contributed by atoms with Gasteiger partial charge < -0.3 is 15.0 Å². The molecule has 3 unspecified atom stereocenters. The van der Waals surface area contributed by atoms with Gasteiger partial charge in [0.25, 0.3) is 0 Å². The molecule has 1 aromatic carbocycles. The van der Waals surface area contributed by atoms with Crippen molar-refractivity contribution in [3.63, 3.8) is 0 Å². The number of nitrogens with zero attached hydrogens (tertiary/aromatic N) is 1. The zero-order valence-corrected chi connectivity index (χ0v) is 14.8. The van der Waals surface area contributed by atoms with Gasteiger partial charge in [-0.15, -0.1) is 0 Å². The second-order valence-electron chi connectivity index (χ2n) is 7.03. The van der Waals surface area contributed by atoms with Gasteiger partial charge in [0.05, 0.1) is 24.6 Å². The zero-order chi connectivity index (χ0) is 15.8. The number of halogens is 1. The number of rotatable bonds is 3. The Morgan fingerprint density at radius 1 is 1.22 bits per heavy atom. The quantitative estimate of drug-likeness (QED) is 0.872. The lowest BCUT2D eigenvalue weighted by atomic mass is 9.88. The topological polar surface area (TPSA) is 41.6 Å². The Morgan fingerprint density at radius 2 is 2.04 bits per heavy atom. The minimum absolute atomic E-state index is 0.213. The van der Waals surface area contributed by atoms with Gasteiger partial charge in [0.2, 0.25) is 5.91 Å². The lowest BCUT2D eigenvalue weighted by Gasteiger charge is -2.31. The number of morpholine rings is 1. The van der Waals surface area contributed by atoms with E-state index in [1.165, 1.54) is 19.3 Å². The Labute approximate surface area is 145 Å². The normalized spacial score (nSPS) is 29.8. The summed E-state index contributed by atoms with van der Waals surface area (Å²) < 4.78 is 6.44. The van der Waals surface area contributed by atoms with Gasteiger partial charge >= 0.3 is 0 Å². The smallest absolute Gasteiger partial charge is 0.227 e. The van der Waals surface area contributed by atoms with Crippen LogP contribution in [0.25, 0.3) is 0 Å². The maximum atomic E-state index is 12.8. The third kappa shape index (κ3) is 3.13. The molecule has 2 aliphatic carbocycles. The molecule has 2 bridgehead atoms. The highest BCUT2D eigenvalue weighted by atomic mass is 79.9. The Kier molecular flexibility index (Phi) is 4.33. The fourth-order valence-electron chi connectivity index (χ4n) is 4.48. The third-order valence-corrected chi connectivity index (χ3v) is 6.14. The molecule has 1 N–H and O–H groups in total. The molecule has 4 nitrogen and oxygen atoms in total. The maximum Gasteiger partial charge on any atom is 0.227 e. The van der Waals surface area contributed by atoms with Gasteiger partial charge in [0.15, 0.2) is 0 Å². The molecule has 0 aromatic heterocycles. The van der Waals surface area contributed by atoms with E-state index < -0.39 is 0 Å². The van der Waals surface area contributed by atoms with Crippen molar-refractivity contribution in [2.45, 2.75) is 25.7 Å². The molecule has 1 saturated heterocycles. The van der Waals surface area contributed by atoms with E-state index in [2.05, 4.69) is 32.2 Å². The fourth-order valence-corrected chi connectivity index (χ4v) is 4.84. The first kappa shape index (κ1) is 15.5. The highest BCUT2D eigenvalue weighted by Gasteiger charge is 2.43.